The highest BCUT2D eigenvalue weighted by molar-refractivity contribution is 7.89. The first-order chi connectivity index (χ1) is 13.8. The number of nitrogens with one attached hydrogen (secondary N) is 1. The molecule has 2 aromatic rings. The third-order valence-electron chi connectivity index (χ3n) is 4.83. The van der Waals surface area contributed by atoms with Crippen LogP contribution in [0.3, 0.4) is 0 Å². The van der Waals surface area contributed by atoms with Crippen molar-refractivity contribution in [2.24, 2.45) is 11.1 Å². The van der Waals surface area contributed by atoms with Crippen LogP contribution in [-0.2, 0) is 22.7 Å². The molecule has 0 radical (unpaired) electrons. The third kappa shape index (κ3) is 4.61. The number of carbonyl (C=O) groups is 1. The van der Waals surface area contributed by atoms with E-state index in [4.69, 9.17) is 5.14 Å². The van der Waals surface area contributed by atoms with Crippen molar-refractivity contribution in [2.45, 2.75) is 42.8 Å². The maximum absolute atomic E-state index is 13.9. The van der Waals surface area contributed by atoms with E-state index in [1.807, 2.05) is 0 Å². The van der Waals surface area contributed by atoms with Crippen LogP contribution in [0.5, 0.6) is 0 Å². The lowest BCUT2D eigenvalue weighted by Gasteiger charge is -2.20. The van der Waals surface area contributed by atoms with Crippen molar-refractivity contribution in [2.75, 3.05) is 5.32 Å². The number of hydrogen-bond donors (Lipinski definition) is 2. The number of hydrogen-bond acceptors (Lipinski definition) is 4. The van der Waals surface area contributed by atoms with Crippen LogP contribution >= 0.6 is 0 Å². The smallest absolute Gasteiger partial charge is 0.321 e. The number of nitrogens with two attached hydrogens (primary N) is 1. The molecule has 0 bridgehead atoms. The number of sulfonamides is 1. The van der Waals surface area contributed by atoms with Gasteiger partial charge in [0.1, 0.15) is 11.3 Å². The largest absolute Gasteiger partial charge is 0.420 e. The van der Waals surface area contributed by atoms with Gasteiger partial charge >= 0.3 is 6.18 Å². The third-order valence-corrected chi connectivity index (χ3v) is 5.74. The normalized spacial score (nSPS) is 19.1. The summed E-state index contributed by atoms with van der Waals surface area (Å²) in [5, 5.41) is 10.7. The molecule has 1 aliphatic carbocycles. The molecule has 3 N–H and O–H groups in total. The van der Waals surface area contributed by atoms with Gasteiger partial charge in [-0.3, -0.25) is 9.48 Å². The second-order valence-electron chi connectivity index (χ2n) is 6.96. The number of rotatable bonds is 5. The van der Waals surface area contributed by atoms with Crippen molar-refractivity contribution in [1.29, 1.82) is 0 Å². The molecule has 1 atom stereocenters. The van der Waals surface area contributed by atoms with Gasteiger partial charge in [-0.05, 0) is 31.0 Å². The van der Waals surface area contributed by atoms with E-state index in [1.54, 1.807) is 0 Å². The Balaban J connectivity index is 1.95. The average molecular weight is 452 g/mol. The van der Waals surface area contributed by atoms with E-state index in [9.17, 15) is 35.2 Å². The van der Waals surface area contributed by atoms with Gasteiger partial charge in [-0.1, -0.05) is 6.07 Å². The van der Waals surface area contributed by atoms with Crippen LogP contribution in [0, 0.1) is 5.92 Å². The molecule has 13 heteroatoms. The van der Waals surface area contributed by atoms with Crippen LogP contribution in [0.4, 0.5) is 27.6 Å². The predicted molar refractivity (Wildman–Crippen MR) is 95.3 cm³/mol. The zero-order valence-electron chi connectivity index (χ0n) is 15.3. The van der Waals surface area contributed by atoms with E-state index in [-0.39, 0.29) is 29.8 Å². The maximum atomic E-state index is 13.9. The first-order valence-corrected chi connectivity index (χ1v) is 10.3. The summed E-state index contributed by atoms with van der Waals surface area (Å²) in [5.41, 5.74) is -2.46. The Morgan fingerprint density at radius 2 is 2.03 bits per heavy atom. The van der Waals surface area contributed by atoms with Crippen LogP contribution in [0.15, 0.2) is 35.4 Å². The fourth-order valence-corrected chi connectivity index (χ4v) is 3.90. The fraction of sp³-hybridized carbons (Fsp3) is 0.412. The summed E-state index contributed by atoms with van der Waals surface area (Å²) in [6.07, 6.45) is -4.63. The van der Waals surface area contributed by atoms with Crippen LogP contribution in [0.25, 0.3) is 0 Å². The molecule has 7 nitrogen and oxygen atoms in total. The molecule has 164 valence electrons. The van der Waals surface area contributed by atoms with Crippen LogP contribution in [0.2, 0.25) is 0 Å². The molecule has 1 heterocycles. The van der Waals surface area contributed by atoms with Crippen molar-refractivity contribution >= 4 is 21.6 Å². The van der Waals surface area contributed by atoms with Gasteiger partial charge in [0.2, 0.25) is 10.0 Å². The minimum Gasteiger partial charge on any atom is -0.321 e. The number of anilines is 1. The number of benzene rings is 1. The first kappa shape index (κ1) is 22.2. The van der Waals surface area contributed by atoms with Crippen molar-refractivity contribution in [3.8, 4) is 0 Å². The Labute approximate surface area is 168 Å². The van der Waals surface area contributed by atoms with Gasteiger partial charge in [-0.15, -0.1) is 0 Å². The molecular weight excluding hydrogens is 435 g/mol. The quantitative estimate of drug-likeness (QED) is 0.679. The summed E-state index contributed by atoms with van der Waals surface area (Å²) in [4.78, 5) is 12.3. The Bertz CT molecular complexity index is 1070. The van der Waals surface area contributed by atoms with E-state index in [2.05, 4.69) is 10.4 Å². The van der Waals surface area contributed by atoms with E-state index in [0.29, 0.717) is 10.9 Å². The predicted octanol–water partition coefficient (Wildman–Crippen LogP) is 3.24. The molecule has 1 fully saturated rings. The van der Waals surface area contributed by atoms with Crippen LogP contribution in [0.1, 0.15) is 35.3 Å². The highest BCUT2D eigenvalue weighted by Crippen LogP contribution is 2.42. The van der Waals surface area contributed by atoms with Crippen molar-refractivity contribution in [3.63, 3.8) is 0 Å². The zero-order valence-corrected chi connectivity index (χ0v) is 16.1. The molecule has 30 heavy (non-hydrogen) atoms. The number of alkyl halides is 5. The number of nitrogens with zero attached hydrogens (tertiary/aromatic N) is 2. The average Bonchev–Trinajstić information content (AvgIpc) is 3.18. The number of carbonyl (C=O) groups excluding carboxylic acids is 1. The second kappa shape index (κ2) is 7.61. The van der Waals surface area contributed by atoms with Crippen molar-refractivity contribution < 1.29 is 35.2 Å². The molecule has 1 unspecified atom stereocenters. The highest BCUT2D eigenvalue weighted by Gasteiger charge is 2.45. The first-order valence-electron chi connectivity index (χ1n) is 8.74. The van der Waals surface area contributed by atoms with Gasteiger partial charge in [-0.2, -0.15) is 18.3 Å². The topological polar surface area (TPSA) is 107 Å². The number of amides is 1. The zero-order chi connectivity index (χ0) is 22.3. The van der Waals surface area contributed by atoms with Gasteiger partial charge < -0.3 is 5.32 Å². The molecule has 1 aromatic heterocycles. The van der Waals surface area contributed by atoms with Crippen LogP contribution < -0.4 is 10.5 Å². The summed E-state index contributed by atoms with van der Waals surface area (Å²) >= 11 is 0. The molecule has 0 aliphatic heterocycles. The van der Waals surface area contributed by atoms with Gasteiger partial charge in [0.05, 0.1) is 17.6 Å². The van der Waals surface area contributed by atoms with E-state index in [0.717, 1.165) is 12.1 Å². The summed E-state index contributed by atoms with van der Waals surface area (Å²) in [6.45, 7) is -0.566. The summed E-state index contributed by atoms with van der Waals surface area (Å²) in [6, 6.07) is 4.58. The van der Waals surface area contributed by atoms with Gasteiger partial charge in [0.25, 0.3) is 11.8 Å². The molecule has 0 saturated heterocycles. The lowest BCUT2D eigenvalue weighted by Crippen LogP contribution is -2.29. The maximum Gasteiger partial charge on any atom is 0.420 e. The minimum atomic E-state index is -4.95. The SMILES string of the molecule is NS(=O)(=O)c1cccc(NC(=O)c2c(C(F)(F)F)cnn2CC2CCCC2(F)F)c1. The number of primary sulfonamides is 1. The van der Waals surface area contributed by atoms with Crippen molar-refractivity contribution in [1.82, 2.24) is 9.78 Å². The Morgan fingerprint density at radius 3 is 2.60 bits per heavy atom. The summed E-state index contributed by atoms with van der Waals surface area (Å²) in [5.74, 6) is -5.59. The summed E-state index contributed by atoms with van der Waals surface area (Å²) < 4.78 is 91.5. The molecule has 3 rings (SSSR count). The lowest BCUT2D eigenvalue weighted by atomic mass is 10.1. The van der Waals surface area contributed by atoms with Crippen molar-refractivity contribution in [3.05, 3.63) is 41.7 Å². The fourth-order valence-electron chi connectivity index (χ4n) is 3.34. The Kier molecular flexibility index (Phi) is 5.62. The van der Waals surface area contributed by atoms with Gasteiger partial charge in [-0.25, -0.2) is 22.3 Å². The van der Waals surface area contributed by atoms with Gasteiger partial charge in [0.15, 0.2) is 0 Å². The van der Waals surface area contributed by atoms with E-state index in [1.165, 1.54) is 12.1 Å². The van der Waals surface area contributed by atoms with E-state index >= 15 is 0 Å². The molecule has 1 saturated carbocycles. The highest BCUT2D eigenvalue weighted by atomic mass is 32.2. The van der Waals surface area contributed by atoms with Gasteiger partial charge in [0, 0.05) is 18.0 Å². The molecule has 0 spiro atoms. The Hall–Kier alpha value is -2.54. The summed E-state index contributed by atoms with van der Waals surface area (Å²) in [7, 11) is -4.12. The molecule has 1 aromatic carbocycles. The Morgan fingerprint density at radius 1 is 1.33 bits per heavy atom. The molecule has 1 aliphatic rings. The minimum absolute atomic E-state index is 0.0890. The van der Waals surface area contributed by atoms with Crippen LogP contribution in [-0.4, -0.2) is 30.0 Å². The number of halogens is 5. The molecule has 1 amide bonds. The standard InChI is InChI=1S/C17H17F5N4O3S/c18-16(19)6-2-3-10(16)9-26-14(13(8-24-26)17(20,21)22)15(27)25-11-4-1-5-12(7-11)30(23,28)29/h1,4-5,7-8,10H,2-3,6,9H2,(H,25,27)(H2,23,28,29). The number of aromatic nitrogens is 2. The second-order valence-corrected chi connectivity index (χ2v) is 8.53. The molecular formula is C17H17F5N4O3S. The monoisotopic (exact) mass is 452 g/mol. The lowest BCUT2D eigenvalue weighted by molar-refractivity contribution is -0.138. The van der Waals surface area contributed by atoms with E-state index < -0.39 is 51.7 Å².